The standard InChI is InChI=1S/C11H18O3/c1-11(5-3-7-14-11)10(12)9-4-2-6-13-8-9/h9H,2-8H2,1H3. The summed E-state index contributed by atoms with van der Waals surface area (Å²) in [5, 5.41) is 0. The summed E-state index contributed by atoms with van der Waals surface area (Å²) in [6.45, 7) is 4.06. The third kappa shape index (κ3) is 1.84. The molecule has 80 valence electrons. The number of rotatable bonds is 2. The average Bonchev–Trinajstić information content (AvgIpc) is 2.67. The van der Waals surface area contributed by atoms with Crippen molar-refractivity contribution in [3.8, 4) is 0 Å². The highest BCUT2D eigenvalue weighted by molar-refractivity contribution is 5.89. The molecule has 2 aliphatic rings. The van der Waals surface area contributed by atoms with Gasteiger partial charge in [0.15, 0.2) is 5.78 Å². The van der Waals surface area contributed by atoms with Crippen molar-refractivity contribution in [2.24, 2.45) is 5.92 Å². The molecule has 2 heterocycles. The van der Waals surface area contributed by atoms with Crippen LogP contribution in [-0.2, 0) is 14.3 Å². The predicted molar refractivity (Wildman–Crippen MR) is 52.1 cm³/mol. The molecular weight excluding hydrogens is 180 g/mol. The molecule has 3 nitrogen and oxygen atoms in total. The molecule has 0 amide bonds. The first-order chi connectivity index (χ1) is 6.72. The molecule has 2 saturated heterocycles. The molecule has 0 aromatic rings. The molecule has 2 atom stereocenters. The zero-order valence-electron chi connectivity index (χ0n) is 8.75. The van der Waals surface area contributed by atoms with Crippen molar-refractivity contribution < 1.29 is 14.3 Å². The number of ketones is 1. The number of hydrogen-bond acceptors (Lipinski definition) is 3. The van der Waals surface area contributed by atoms with Gasteiger partial charge in [-0.3, -0.25) is 4.79 Å². The van der Waals surface area contributed by atoms with Crippen LogP contribution >= 0.6 is 0 Å². The van der Waals surface area contributed by atoms with Crippen LogP contribution < -0.4 is 0 Å². The van der Waals surface area contributed by atoms with Crippen LogP contribution in [0.1, 0.15) is 32.6 Å². The number of carbonyl (C=O) groups is 1. The lowest BCUT2D eigenvalue weighted by Crippen LogP contribution is -2.42. The second-order valence-corrected chi connectivity index (χ2v) is 4.46. The van der Waals surface area contributed by atoms with Crippen LogP contribution in [0.5, 0.6) is 0 Å². The van der Waals surface area contributed by atoms with Crippen LogP contribution in [0.2, 0.25) is 0 Å². The molecule has 0 aliphatic carbocycles. The van der Waals surface area contributed by atoms with Crippen molar-refractivity contribution in [3.05, 3.63) is 0 Å². The summed E-state index contributed by atoms with van der Waals surface area (Å²) in [5.41, 5.74) is -0.509. The van der Waals surface area contributed by atoms with Crippen LogP contribution in [0.3, 0.4) is 0 Å². The molecule has 14 heavy (non-hydrogen) atoms. The van der Waals surface area contributed by atoms with Gasteiger partial charge < -0.3 is 9.47 Å². The van der Waals surface area contributed by atoms with Gasteiger partial charge in [0.2, 0.25) is 0 Å². The van der Waals surface area contributed by atoms with Gasteiger partial charge in [0.05, 0.1) is 6.61 Å². The summed E-state index contributed by atoms with van der Waals surface area (Å²) < 4.78 is 10.9. The van der Waals surface area contributed by atoms with Crippen molar-refractivity contribution in [1.82, 2.24) is 0 Å². The van der Waals surface area contributed by atoms with Gasteiger partial charge in [0.1, 0.15) is 5.60 Å². The van der Waals surface area contributed by atoms with E-state index in [2.05, 4.69) is 0 Å². The summed E-state index contributed by atoms with van der Waals surface area (Å²) >= 11 is 0. The Bertz CT molecular complexity index is 213. The topological polar surface area (TPSA) is 35.5 Å². The average molecular weight is 198 g/mol. The van der Waals surface area contributed by atoms with Gasteiger partial charge >= 0.3 is 0 Å². The fraction of sp³-hybridized carbons (Fsp3) is 0.909. The lowest BCUT2D eigenvalue weighted by Gasteiger charge is -2.29. The molecule has 0 aromatic carbocycles. The number of hydrogen-bond donors (Lipinski definition) is 0. The van der Waals surface area contributed by atoms with E-state index >= 15 is 0 Å². The maximum Gasteiger partial charge on any atom is 0.169 e. The lowest BCUT2D eigenvalue weighted by atomic mass is 9.85. The highest BCUT2D eigenvalue weighted by atomic mass is 16.5. The zero-order valence-corrected chi connectivity index (χ0v) is 8.75. The Balaban J connectivity index is 1.98. The third-order valence-corrected chi connectivity index (χ3v) is 3.27. The number of Topliss-reactive ketones (excluding diaryl/α,β-unsaturated/α-hetero) is 1. The van der Waals surface area contributed by atoms with Crippen LogP contribution in [0.15, 0.2) is 0 Å². The minimum Gasteiger partial charge on any atom is -0.381 e. The monoisotopic (exact) mass is 198 g/mol. The van der Waals surface area contributed by atoms with Crippen LogP contribution in [-0.4, -0.2) is 31.2 Å². The van der Waals surface area contributed by atoms with Gasteiger partial charge in [-0.1, -0.05) is 0 Å². The normalized spacial score (nSPS) is 38.5. The number of ether oxygens (including phenoxy) is 2. The van der Waals surface area contributed by atoms with E-state index in [0.717, 1.165) is 38.9 Å². The maximum absolute atomic E-state index is 12.1. The van der Waals surface area contributed by atoms with Crippen LogP contribution in [0, 0.1) is 5.92 Å². The lowest BCUT2D eigenvalue weighted by molar-refractivity contribution is -0.145. The Hall–Kier alpha value is -0.410. The Morgan fingerprint density at radius 3 is 2.79 bits per heavy atom. The van der Waals surface area contributed by atoms with E-state index in [1.165, 1.54) is 0 Å². The molecule has 0 spiro atoms. The van der Waals surface area contributed by atoms with E-state index in [9.17, 15) is 4.79 Å². The molecule has 2 unspecified atom stereocenters. The van der Waals surface area contributed by atoms with Crippen LogP contribution in [0.25, 0.3) is 0 Å². The molecule has 0 radical (unpaired) electrons. The molecule has 0 saturated carbocycles. The molecule has 2 fully saturated rings. The first-order valence-corrected chi connectivity index (χ1v) is 5.48. The summed E-state index contributed by atoms with van der Waals surface area (Å²) in [6, 6.07) is 0. The third-order valence-electron chi connectivity index (χ3n) is 3.27. The maximum atomic E-state index is 12.1. The first-order valence-electron chi connectivity index (χ1n) is 5.48. The second-order valence-electron chi connectivity index (χ2n) is 4.46. The molecule has 0 aromatic heterocycles. The molecule has 2 aliphatic heterocycles. The fourth-order valence-electron chi connectivity index (χ4n) is 2.35. The van der Waals surface area contributed by atoms with Crippen molar-refractivity contribution in [2.45, 2.75) is 38.2 Å². The van der Waals surface area contributed by atoms with E-state index in [1.54, 1.807) is 0 Å². The summed E-state index contributed by atoms with van der Waals surface area (Å²) in [5.74, 6) is 0.335. The van der Waals surface area contributed by atoms with Crippen molar-refractivity contribution in [2.75, 3.05) is 19.8 Å². The highest BCUT2D eigenvalue weighted by Gasteiger charge is 2.41. The predicted octanol–water partition coefficient (Wildman–Crippen LogP) is 1.55. The van der Waals surface area contributed by atoms with Gasteiger partial charge in [-0.15, -0.1) is 0 Å². The van der Waals surface area contributed by atoms with Gasteiger partial charge in [0, 0.05) is 19.1 Å². The van der Waals surface area contributed by atoms with Crippen molar-refractivity contribution in [3.63, 3.8) is 0 Å². The largest absolute Gasteiger partial charge is 0.381 e. The van der Waals surface area contributed by atoms with E-state index in [1.807, 2.05) is 6.92 Å². The Kier molecular flexibility index (Phi) is 2.88. The van der Waals surface area contributed by atoms with Crippen LogP contribution in [0.4, 0.5) is 0 Å². The Labute approximate surface area is 84.8 Å². The van der Waals surface area contributed by atoms with Gasteiger partial charge in [-0.25, -0.2) is 0 Å². The van der Waals surface area contributed by atoms with Crippen molar-refractivity contribution in [1.29, 1.82) is 0 Å². The van der Waals surface area contributed by atoms with E-state index in [4.69, 9.17) is 9.47 Å². The summed E-state index contributed by atoms with van der Waals surface area (Å²) in [4.78, 5) is 12.1. The van der Waals surface area contributed by atoms with Gasteiger partial charge in [-0.05, 0) is 32.6 Å². The van der Waals surface area contributed by atoms with Crippen molar-refractivity contribution >= 4 is 5.78 Å². The van der Waals surface area contributed by atoms with E-state index in [-0.39, 0.29) is 11.7 Å². The van der Waals surface area contributed by atoms with Gasteiger partial charge in [-0.2, -0.15) is 0 Å². The first kappa shape index (κ1) is 10.1. The SMILES string of the molecule is CC1(C(=O)C2CCCOC2)CCCO1. The number of carbonyl (C=O) groups excluding carboxylic acids is 1. The second kappa shape index (κ2) is 3.99. The highest BCUT2D eigenvalue weighted by Crippen LogP contribution is 2.31. The quantitative estimate of drug-likeness (QED) is 0.675. The minimum absolute atomic E-state index is 0.0758. The zero-order chi connectivity index (χ0) is 10.0. The Morgan fingerprint density at radius 1 is 1.36 bits per heavy atom. The molecule has 0 bridgehead atoms. The molecular formula is C11H18O3. The summed E-state index contributed by atoms with van der Waals surface area (Å²) in [7, 11) is 0. The molecule has 0 N–H and O–H groups in total. The smallest absolute Gasteiger partial charge is 0.169 e. The summed E-state index contributed by atoms with van der Waals surface area (Å²) in [6.07, 6.45) is 3.86. The van der Waals surface area contributed by atoms with E-state index in [0.29, 0.717) is 6.61 Å². The van der Waals surface area contributed by atoms with E-state index < -0.39 is 5.60 Å². The Morgan fingerprint density at radius 2 is 2.21 bits per heavy atom. The minimum atomic E-state index is -0.509. The molecule has 3 heteroatoms. The fourth-order valence-corrected chi connectivity index (χ4v) is 2.35. The van der Waals surface area contributed by atoms with Gasteiger partial charge in [0.25, 0.3) is 0 Å². The molecule has 2 rings (SSSR count).